The molecule has 0 amide bonds. The molecule has 3 N–H and O–H groups in total. The number of rotatable bonds is 5. The molecule has 106 valence electrons. The lowest BCUT2D eigenvalue weighted by Crippen LogP contribution is -2.44. The topological polar surface area (TPSA) is 110 Å². The first-order chi connectivity index (χ1) is 8.65. The highest BCUT2D eigenvalue weighted by molar-refractivity contribution is 5.60. The molecule has 8 heteroatoms. The summed E-state index contributed by atoms with van der Waals surface area (Å²) < 4.78 is 0. The Labute approximate surface area is 112 Å². The van der Waals surface area contributed by atoms with Crippen molar-refractivity contribution in [1.29, 1.82) is 0 Å². The summed E-state index contributed by atoms with van der Waals surface area (Å²) in [6.07, 6.45) is 0. The molecule has 8 nitrogen and oxygen atoms in total. The van der Waals surface area contributed by atoms with Gasteiger partial charge in [0.2, 0.25) is 11.8 Å². The van der Waals surface area contributed by atoms with E-state index in [0.717, 1.165) is 0 Å². The standard InChI is InChI=1S/C11H20N6O2/c1-7-8(17(18)19)9(15-10(12)14-7)13-6-11(2,3)16(4)5/h6H2,1-5H3,(H3,12,13,14,15). The maximum atomic E-state index is 11.0. The van der Waals surface area contributed by atoms with Crippen LogP contribution >= 0.6 is 0 Å². The van der Waals surface area contributed by atoms with Gasteiger partial charge in [0.1, 0.15) is 5.69 Å². The molecule has 0 atom stereocenters. The number of nitrogen functional groups attached to an aromatic ring is 1. The molecule has 1 aromatic heterocycles. The van der Waals surface area contributed by atoms with Gasteiger partial charge in [-0.15, -0.1) is 0 Å². The van der Waals surface area contributed by atoms with Crippen molar-refractivity contribution in [1.82, 2.24) is 14.9 Å². The summed E-state index contributed by atoms with van der Waals surface area (Å²) in [7, 11) is 3.88. The van der Waals surface area contributed by atoms with Gasteiger partial charge in [-0.2, -0.15) is 4.98 Å². The summed E-state index contributed by atoms with van der Waals surface area (Å²) in [5.41, 5.74) is 5.47. The lowest BCUT2D eigenvalue weighted by Gasteiger charge is -2.32. The fourth-order valence-electron chi connectivity index (χ4n) is 1.39. The number of nitrogens with two attached hydrogens (primary N) is 1. The van der Waals surface area contributed by atoms with E-state index in [-0.39, 0.29) is 28.7 Å². The molecule has 0 radical (unpaired) electrons. The van der Waals surface area contributed by atoms with Gasteiger partial charge in [0.15, 0.2) is 0 Å². The van der Waals surface area contributed by atoms with Crippen molar-refractivity contribution in [3.63, 3.8) is 0 Å². The van der Waals surface area contributed by atoms with E-state index in [0.29, 0.717) is 6.54 Å². The van der Waals surface area contributed by atoms with Gasteiger partial charge in [0, 0.05) is 12.1 Å². The SMILES string of the molecule is Cc1nc(N)nc(NCC(C)(C)N(C)C)c1[N+](=O)[O-]. The van der Waals surface area contributed by atoms with E-state index in [1.165, 1.54) is 0 Å². The molecule has 0 aliphatic heterocycles. The Kier molecular flexibility index (Phi) is 4.25. The Morgan fingerprint density at radius 2 is 2.00 bits per heavy atom. The fraction of sp³-hybridized carbons (Fsp3) is 0.636. The largest absolute Gasteiger partial charge is 0.368 e. The number of nitrogens with zero attached hydrogens (tertiary/aromatic N) is 4. The van der Waals surface area contributed by atoms with Crippen LogP contribution in [0.3, 0.4) is 0 Å². The van der Waals surface area contributed by atoms with Crippen LogP contribution in [0.25, 0.3) is 0 Å². The molecule has 0 spiro atoms. The lowest BCUT2D eigenvalue weighted by molar-refractivity contribution is -0.385. The van der Waals surface area contributed by atoms with Crippen LogP contribution in [-0.4, -0.2) is 46.0 Å². The molecule has 0 aromatic carbocycles. The second-order valence-corrected chi connectivity index (χ2v) is 5.18. The number of nitrogens with one attached hydrogen (secondary N) is 1. The summed E-state index contributed by atoms with van der Waals surface area (Å²) in [5, 5.41) is 14.0. The van der Waals surface area contributed by atoms with Crippen LogP contribution < -0.4 is 11.1 Å². The Hall–Kier alpha value is -1.96. The number of anilines is 2. The third-order valence-electron chi connectivity index (χ3n) is 3.16. The molecular formula is C11H20N6O2. The molecule has 0 saturated heterocycles. The third kappa shape index (κ3) is 3.50. The van der Waals surface area contributed by atoms with Crippen molar-refractivity contribution in [2.75, 3.05) is 31.7 Å². The van der Waals surface area contributed by atoms with Gasteiger partial charge in [-0.3, -0.25) is 10.1 Å². The summed E-state index contributed by atoms with van der Waals surface area (Å²) in [6, 6.07) is 0. The van der Waals surface area contributed by atoms with Crippen LogP contribution in [-0.2, 0) is 0 Å². The minimum Gasteiger partial charge on any atom is -0.368 e. The molecule has 0 aliphatic rings. The molecule has 0 saturated carbocycles. The number of hydrogen-bond acceptors (Lipinski definition) is 7. The van der Waals surface area contributed by atoms with E-state index in [1.54, 1.807) is 6.92 Å². The number of likely N-dealkylation sites (N-methyl/N-ethyl adjacent to an activating group) is 1. The molecule has 1 heterocycles. The number of nitro groups is 1. The van der Waals surface area contributed by atoms with E-state index in [4.69, 9.17) is 5.73 Å². The van der Waals surface area contributed by atoms with E-state index in [1.807, 2.05) is 32.8 Å². The molecule has 0 aliphatic carbocycles. The smallest absolute Gasteiger partial charge is 0.332 e. The monoisotopic (exact) mass is 268 g/mol. The Morgan fingerprint density at radius 1 is 1.42 bits per heavy atom. The number of hydrogen-bond donors (Lipinski definition) is 2. The summed E-state index contributed by atoms with van der Waals surface area (Å²) >= 11 is 0. The second kappa shape index (κ2) is 5.35. The van der Waals surface area contributed by atoms with Gasteiger partial charge < -0.3 is 16.0 Å². The summed E-state index contributed by atoms with van der Waals surface area (Å²) in [6.45, 7) is 6.07. The predicted molar refractivity (Wildman–Crippen MR) is 74.1 cm³/mol. The fourth-order valence-corrected chi connectivity index (χ4v) is 1.39. The molecule has 1 aromatic rings. The third-order valence-corrected chi connectivity index (χ3v) is 3.16. The first kappa shape index (κ1) is 15.1. The van der Waals surface area contributed by atoms with Crippen molar-refractivity contribution >= 4 is 17.5 Å². The van der Waals surface area contributed by atoms with Gasteiger partial charge in [-0.05, 0) is 34.9 Å². The highest BCUT2D eigenvalue weighted by Crippen LogP contribution is 2.26. The van der Waals surface area contributed by atoms with Gasteiger partial charge in [-0.1, -0.05) is 0 Å². The molecular weight excluding hydrogens is 248 g/mol. The lowest BCUT2D eigenvalue weighted by atomic mass is 10.0. The van der Waals surface area contributed by atoms with Gasteiger partial charge in [0.25, 0.3) is 0 Å². The van der Waals surface area contributed by atoms with Crippen LogP contribution in [0.1, 0.15) is 19.5 Å². The highest BCUT2D eigenvalue weighted by atomic mass is 16.6. The molecule has 0 bridgehead atoms. The minimum absolute atomic E-state index is 0.0215. The first-order valence-electron chi connectivity index (χ1n) is 5.85. The second-order valence-electron chi connectivity index (χ2n) is 5.18. The first-order valence-corrected chi connectivity index (χ1v) is 5.85. The average molecular weight is 268 g/mol. The zero-order chi connectivity index (χ0) is 14.8. The van der Waals surface area contributed by atoms with Gasteiger partial charge in [0.05, 0.1) is 4.92 Å². The highest BCUT2D eigenvalue weighted by Gasteiger charge is 2.25. The summed E-state index contributed by atoms with van der Waals surface area (Å²) in [5.74, 6) is 0.179. The Balaban J connectivity index is 3.04. The van der Waals surface area contributed by atoms with Crippen molar-refractivity contribution in [3.8, 4) is 0 Å². The Bertz CT molecular complexity index is 486. The molecule has 19 heavy (non-hydrogen) atoms. The maximum absolute atomic E-state index is 11.0. The zero-order valence-corrected chi connectivity index (χ0v) is 11.9. The quantitative estimate of drug-likeness (QED) is 0.606. The van der Waals surface area contributed by atoms with Crippen LogP contribution in [0.2, 0.25) is 0 Å². The van der Waals surface area contributed by atoms with Crippen molar-refractivity contribution < 1.29 is 4.92 Å². The number of aryl methyl sites for hydroxylation is 1. The van der Waals surface area contributed by atoms with E-state index < -0.39 is 4.92 Å². The van der Waals surface area contributed by atoms with Crippen molar-refractivity contribution in [2.45, 2.75) is 26.3 Å². The van der Waals surface area contributed by atoms with Crippen molar-refractivity contribution in [2.24, 2.45) is 0 Å². The van der Waals surface area contributed by atoms with E-state index in [2.05, 4.69) is 15.3 Å². The maximum Gasteiger partial charge on any atom is 0.332 e. The molecule has 0 unspecified atom stereocenters. The predicted octanol–water partition coefficient (Wildman–Crippen LogP) is 1.03. The van der Waals surface area contributed by atoms with E-state index >= 15 is 0 Å². The minimum atomic E-state index is -0.500. The van der Waals surface area contributed by atoms with Crippen LogP contribution in [0, 0.1) is 17.0 Å². The molecule has 1 rings (SSSR count). The van der Waals surface area contributed by atoms with Crippen LogP contribution in [0.5, 0.6) is 0 Å². The van der Waals surface area contributed by atoms with E-state index in [9.17, 15) is 10.1 Å². The van der Waals surface area contributed by atoms with Crippen LogP contribution in [0.4, 0.5) is 17.5 Å². The number of aromatic nitrogens is 2. The Morgan fingerprint density at radius 3 is 2.47 bits per heavy atom. The molecule has 0 fully saturated rings. The zero-order valence-electron chi connectivity index (χ0n) is 11.9. The van der Waals surface area contributed by atoms with Crippen molar-refractivity contribution in [3.05, 3.63) is 15.8 Å². The van der Waals surface area contributed by atoms with Gasteiger partial charge >= 0.3 is 5.69 Å². The van der Waals surface area contributed by atoms with Crippen LogP contribution in [0.15, 0.2) is 0 Å². The normalized spacial score (nSPS) is 11.7. The summed E-state index contributed by atoms with van der Waals surface area (Å²) in [4.78, 5) is 20.3. The van der Waals surface area contributed by atoms with Gasteiger partial charge in [-0.25, -0.2) is 4.98 Å². The average Bonchev–Trinajstić information content (AvgIpc) is 2.24.